The molecule has 2 aliphatic carbocycles. The number of fused-ring (bicyclic) bond motifs is 6. The number of Topliss-reactive ketones (excluding diaryl/α,β-unsaturated/α-hetero) is 6. The van der Waals surface area contributed by atoms with Crippen LogP contribution in [0.3, 0.4) is 0 Å². The Balaban J connectivity index is 0.000000408. The second kappa shape index (κ2) is 62.5. The van der Waals surface area contributed by atoms with E-state index in [1.165, 1.54) is 43.3 Å². The number of aliphatic hydroxyl groups is 7. The first-order valence-corrected chi connectivity index (χ1v) is 53.5. The third kappa shape index (κ3) is 37.2. The molecule has 0 spiro atoms. The van der Waals surface area contributed by atoms with Crippen molar-refractivity contribution in [1.29, 1.82) is 0 Å². The van der Waals surface area contributed by atoms with Crippen molar-refractivity contribution in [2.75, 3.05) is 61.9 Å². The SMILES string of the molecule is CCCCCCO.CCCCCCOC1C[C@@H]2CC[C@@H](C)[C@@](O)(O2)C(=O)C(=O)N2CCCC[C@H]2C(=O)O[C@H]([C@H](C)C[C@@H]2CC[C@@H](O)[C@H](OC)C2)CC(=O)[C@H](C)/C=C(\C)[C@@H](O)[C@@H](OC)C(=O)[C@H](C)C[C@H](C)/C=C/C=CC=C1C.COC1C[C@@H]2CC[C@@H](C)[C@@](O)(O2)C(=O)C(=O)N2CCCC[C@H]2C(=O)O[C@H]([C@H](C)C[C@@H]2CC[C@@H](O)[C@H](OC)C2)CC(=O)[C@H](C)/C=C(\C)[C@@H](O)[C@@H](OC)C(=O)[C@H](C)C[C@H](C)/C=C/C=CC=C1C. The van der Waals surface area contributed by atoms with E-state index in [0.29, 0.717) is 140 Å². The molecule has 2 amide bonds. The number of hydrogen-bond acceptors (Lipinski definition) is 27. The Morgan fingerprint density at radius 1 is 0.437 bits per heavy atom. The van der Waals surface area contributed by atoms with Crippen LogP contribution in [-0.4, -0.2) is 275 Å². The standard InChI is InChI=1S/C56H89NO13.C51H79NO13.C6H14O/c1-11-12-13-19-28-68-47-33-43-25-23-41(8)56(65,70-43)53(62)54(63)57-27-18-17-22-44(57)55(64)69-48(38(5)31-42-24-26-45(58)49(32-42)66-9)34-46(59)37(4)30-40(7)51(61)52(67-10)50(60)39(6)29-35(2)20-15-14-16-21-36(47)3;1-30-16-12-11-13-17-31(2)42(61-8)28-38-21-19-36(7)51(60,65-38)48(57)49(58)52-23-15-14-18-39(52)50(59)64-43(33(4)26-37-20-22-40(53)44(27-37)62-9)29-41(54)32(3)25-35(6)46(56)47(63-10)45(55)34(5)24-30;1-2-3-4-5-6-7/h14-16,20-21,30,35,37-39,41-45,47-49,51-52,58,61,65H,11-13,17-19,22-29,31-34H2,1-10H3;11-13,16-17,25,30,32-34,36-40,42-44,46-47,53,56,60H,14-15,18-24,26-29H2,1-10H3;7H,2-6H2,1H3/b16-14?,20-15+,36-21?,40-30+;13-11?,16-12+,31-17?,35-25+;/t35-,37-,38-,39-,41-,42+,43+,44+,45-,47?,48+,49-,51-,52+,56-;30-,32-,33-,34-,36-,37+,38+,39+,40-,42?,43+,44-,46-,47+,51-;/m11./s1. The molecule has 2 saturated carbocycles. The largest absolute Gasteiger partial charge is 0.460 e. The van der Waals surface area contributed by atoms with Gasteiger partial charge in [0.25, 0.3) is 23.4 Å². The highest BCUT2D eigenvalue weighted by Crippen LogP contribution is 2.42. The summed E-state index contributed by atoms with van der Waals surface area (Å²) in [6.45, 7) is 30.8. The number of amides is 2. The number of piperidine rings is 2. The van der Waals surface area contributed by atoms with Crippen molar-refractivity contribution in [3.63, 3.8) is 0 Å². The predicted molar refractivity (Wildman–Crippen MR) is 545 cm³/mol. The fraction of sp³-hybridized carbons (Fsp3) is 0.770. The minimum atomic E-state index is -2.43. The zero-order valence-electron chi connectivity index (χ0n) is 89.7. The quantitative estimate of drug-likeness (QED) is 0.0243. The van der Waals surface area contributed by atoms with E-state index < -0.39 is 168 Å². The number of allylic oxidation sites excluding steroid dienone is 12. The fourth-order valence-corrected chi connectivity index (χ4v) is 21.4. The number of unbranched alkanes of at least 4 members (excludes halogenated alkanes) is 6. The van der Waals surface area contributed by atoms with Crippen LogP contribution in [0.1, 0.15) is 316 Å². The van der Waals surface area contributed by atoms with Gasteiger partial charge in [-0.05, 0) is 227 Å². The summed E-state index contributed by atoms with van der Waals surface area (Å²) >= 11 is 0. The molecule has 0 aromatic rings. The molecular formula is C113H182N2O27. The van der Waals surface area contributed by atoms with Gasteiger partial charge in [0.15, 0.2) is 11.6 Å². The molecule has 30 atom stereocenters. The van der Waals surface area contributed by atoms with Crippen molar-refractivity contribution in [2.45, 2.75) is 425 Å². The van der Waals surface area contributed by atoms with E-state index in [1.807, 2.05) is 116 Å². The summed E-state index contributed by atoms with van der Waals surface area (Å²) < 4.78 is 59.6. The maximum absolute atomic E-state index is 14.5. The second-order valence-electron chi connectivity index (χ2n) is 42.7. The molecule has 0 radical (unpaired) electrons. The molecule has 2 unspecified atom stereocenters. The number of rotatable bonds is 21. The Morgan fingerprint density at radius 3 is 1.21 bits per heavy atom. The van der Waals surface area contributed by atoms with Gasteiger partial charge in [0.1, 0.15) is 60.3 Å². The monoisotopic (exact) mass is 2000 g/mol. The van der Waals surface area contributed by atoms with Crippen molar-refractivity contribution in [3.8, 4) is 0 Å². The van der Waals surface area contributed by atoms with Crippen LogP contribution in [0.25, 0.3) is 0 Å². The van der Waals surface area contributed by atoms with Gasteiger partial charge in [0.05, 0.1) is 48.8 Å². The Kier molecular flexibility index (Phi) is 54.5. The van der Waals surface area contributed by atoms with E-state index >= 15 is 0 Å². The second-order valence-corrected chi connectivity index (χ2v) is 42.7. The van der Waals surface area contributed by atoms with Crippen molar-refractivity contribution in [2.24, 2.45) is 71.0 Å². The first kappa shape index (κ1) is 124. The molecule has 142 heavy (non-hydrogen) atoms. The molecule has 29 nitrogen and oxygen atoms in total. The summed E-state index contributed by atoms with van der Waals surface area (Å²) in [5.74, 6) is -15.9. The van der Waals surface area contributed by atoms with Crippen LogP contribution in [0.4, 0.5) is 0 Å². The van der Waals surface area contributed by atoms with Crippen LogP contribution in [0.15, 0.2) is 95.2 Å². The maximum atomic E-state index is 14.5. The first-order valence-electron chi connectivity index (χ1n) is 53.5. The molecule has 8 rings (SSSR count). The van der Waals surface area contributed by atoms with E-state index in [-0.39, 0.29) is 110 Å². The number of ether oxygens (including phenoxy) is 10. The Hall–Kier alpha value is -6.78. The number of ketones is 6. The third-order valence-corrected chi connectivity index (χ3v) is 31.0. The van der Waals surface area contributed by atoms with Gasteiger partial charge in [0, 0.05) is 123 Å². The van der Waals surface area contributed by atoms with Crippen LogP contribution >= 0.6 is 0 Å². The van der Waals surface area contributed by atoms with Crippen LogP contribution in [0.5, 0.6) is 0 Å². The molecule has 806 valence electrons. The van der Waals surface area contributed by atoms with Crippen LogP contribution in [0.2, 0.25) is 0 Å². The zero-order chi connectivity index (χ0) is 105. The van der Waals surface area contributed by atoms with E-state index in [1.54, 1.807) is 75.0 Å². The number of esters is 2. The summed E-state index contributed by atoms with van der Waals surface area (Å²) in [5, 5.41) is 76.3. The Bertz CT molecular complexity index is 4200. The third-order valence-electron chi connectivity index (χ3n) is 31.0. The Morgan fingerprint density at radius 2 is 0.831 bits per heavy atom. The molecule has 6 aliphatic heterocycles. The van der Waals surface area contributed by atoms with E-state index in [9.17, 15) is 78.6 Å². The molecule has 8 aliphatic rings. The fourth-order valence-electron chi connectivity index (χ4n) is 21.4. The van der Waals surface area contributed by atoms with E-state index in [4.69, 9.17) is 52.5 Å². The topological polar surface area (TPSA) is 411 Å². The lowest BCUT2D eigenvalue weighted by atomic mass is 9.78. The summed E-state index contributed by atoms with van der Waals surface area (Å²) in [5.41, 5.74) is 2.58. The maximum Gasteiger partial charge on any atom is 0.329 e. The van der Waals surface area contributed by atoms with Gasteiger partial charge in [-0.3, -0.25) is 38.4 Å². The number of nitrogens with zero attached hydrogens (tertiary/aromatic N) is 2. The summed E-state index contributed by atoms with van der Waals surface area (Å²) in [7, 11) is 7.48. The van der Waals surface area contributed by atoms with E-state index in [2.05, 4.69) is 13.8 Å². The highest BCUT2D eigenvalue weighted by Gasteiger charge is 2.56. The van der Waals surface area contributed by atoms with Gasteiger partial charge in [0.2, 0.25) is 11.6 Å². The molecule has 29 heteroatoms. The number of carbonyl (C=O) groups is 10. The number of hydrogen-bond donors (Lipinski definition) is 7. The number of aliphatic hydroxyl groups excluding tert-OH is 5. The molecule has 0 aromatic heterocycles. The van der Waals surface area contributed by atoms with Crippen molar-refractivity contribution >= 4 is 58.5 Å². The lowest BCUT2D eigenvalue weighted by Crippen LogP contribution is -2.61. The zero-order valence-corrected chi connectivity index (χ0v) is 89.7. The van der Waals surface area contributed by atoms with Gasteiger partial charge in [-0.1, -0.05) is 195 Å². The molecule has 6 heterocycles. The lowest BCUT2D eigenvalue weighted by Gasteiger charge is -2.43. The average Bonchev–Trinajstić information content (AvgIpc) is 0.773. The van der Waals surface area contributed by atoms with Gasteiger partial charge in [-0.25, -0.2) is 9.59 Å². The predicted octanol–water partition coefficient (Wildman–Crippen LogP) is 15.9. The van der Waals surface area contributed by atoms with Crippen molar-refractivity contribution in [3.05, 3.63) is 95.2 Å². The summed E-state index contributed by atoms with van der Waals surface area (Å²) in [6.07, 6.45) is 31.4. The minimum absolute atomic E-state index is 0.0170. The molecule has 6 fully saturated rings. The average molecular weight is 2000 g/mol. The number of cyclic esters (lactones) is 2. The van der Waals surface area contributed by atoms with Gasteiger partial charge in [-0.2, -0.15) is 0 Å². The van der Waals surface area contributed by atoms with Crippen LogP contribution in [-0.2, 0) is 95.3 Å². The molecule has 7 N–H and O–H groups in total. The molecule has 4 saturated heterocycles. The summed E-state index contributed by atoms with van der Waals surface area (Å²) in [6, 6.07) is -2.28. The minimum Gasteiger partial charge on any atom is -0.460 e. The number of methoxy groups -OCH3 is 5. The smallest absolute Gasteiger partial charge is 0.329 e. The highest BCUT2D eigenvalue weighted by atomic mass is 16.6. The molecular weight excluding hydrogens is 1820 g/mol. The first-order chi connectivity index (χ1) is 67.4. The number of carbonyl (C=O) groups excluding carboxylic acids is 10. The molecule has 4 bridgehead atoms. The normalized spacial score (nSPS) is 36.7. The lowest BCUT2D eigenvalue weighted by molar-refractivity contribution is -0.266. The van der Waals surface area contributed by atoms with Gasteiger partial charge < -0.3 is 92.9 Å². The van der Waals surface area contributed by atoms with Crippen molar-refractivity contribution in [1.82, 2.24) is 9.80 Å². The molecule has 0 aromatic carbocycles. The Labute approximate surface area is 848 Å². The summed E-state index contributed by atoms with van der Waals surface area (Å²) in [4.78, 5) is 144. The van der Waals surface area contributed by atoms with Crippen LogP contribution in [0, 0.1) is 71.0 Å². The van der Waals surface area contributed by atoms with E-state index in [0.717, 1.165) is 56.1 Å². The van der Waals surface area contributed by atoms with Gasteiger partial charge in [-0.15, -0.1) is 0 Å². The van der Waals surface area contributed by atoms with Crippen molar-refractivity contribution < 1.29 is 131 Å². The van der Waals surface area contributed by atoms with Crippen LogP contribution < -0.4 is 0 Å². The highest BCUT2D eigenvalue weighted by molar-refractivity contribution is 6.39. The van der Waals surface area contributed by atoms with Gasteiger partial charge >= 0.3 is 11.9 Å².